The van der Waals surface area contributed by atoms with Gasteiger partial charge in [0, 0.05) is 19.5 Å². The van der Waals surface area contributed by atoms with Gasteiger partial charge in [0.2, 0.25) is 15.9 Å². The summed E-state index contributed by atoms with van der Waals surface area (Å²) in [6.45, 7) is 2.96. The Bertz CT molecular complexity index is 351. The van der Waals surface area contributed by atoms with Crippen LogP contribution in [0.3, 0.4) is 0 Å². The number of rotatable bonds is 8. The monoisotopic (exact) mass is 277 g/mol. The van der Waals surface area contributed by atoms with Crippen molar-refractivity contribution in [2.24, 2.45) is 5.92 Å². The summed E-state index contributed by atoms with van der Waals surface area (Å²) in [5.74, 6) is 0.684. The molecule has 3 N–H and O–H groups in total. The van der Waals surface area contributed by atoms with Crippen LogP contribution in [0.2, 0.25) is 0 Å². The number of carbonyl (C=O) groups is 1. The predicted octanol–water partition coefficient (Wildman–Crippen LogP) is -0.568. The average molecular weight is 277 g/mol. The third-order valence-corrected chi connectivity index (χ3v) is 3.71. The van der Waals surface area contributed by atoms with E-state index in [1.165, 1.54) is 0 Å². The molecule has 1 unspecified atom stereocenters. The zero-order valence-electron chi connectivity index (χ0n) is 10.9. The van der Waals surface area contributed by atoms with Gasteiger partial charge in [0.1, 0.15) is 0 Å². The quantitative estimate of drug-likeness (QED) is 0.519. The molecule has 0 bridgehead atoms. The Morgan fingerprint density at radius 2 is 2.17 bits per heavy atom. The molecule has 1 atom stereocenters. The molecule has 1 aliphatic rings. The van der Waals surface area contributed by atoms with Crippen LogP contribution in [0.4, 0.5) is 0 Å². The molecule has 1 heterocycles. The molecule has 1 saturated heterocycles. The van der Waals surface area contributed by atoms with Crippen LogP contribution in [0.25, 0.3) is 0 Å². The maximum absolute atomic E-state index is 11.5. The number of hydrogen-bond donors (Lipinski definition) is 3. The first-order chi connectivity index (χ1) is 8.47. The molecular formula is C11H23N3O3S. The highest BCUT2D eigenvalue weighted by atomic mass is 32.2. The van der Waals surface area contributed by atoms with E-state index in [0.29, 0.717) is 31.8 Å². The molecule has 18 heavy (non-hydrogen) atoms. The van der Waals surface area contributed by atoms with Crippen LogP contribution in [0.5, 0.6) is 0 Å². The second kappa shape index (κ2) is 7.70. The molecule has 0 aromatic carbocycles. The minimum absolute atomic E-state index is 0.0567. The highest BCUT2D eigenvalue weighted by Gasteiger charge is 2.15. The third-order valence-electron chi connectivity index (χ3n) is 2.98. The van der Waals surface area contributed by atoms with Crippen molar-refractivity contribution < 1.29 is 13.2 Å². The largest absolute Gasteiger partial charge is 0.356 e. The predicted molar refractivity (Wildman–Crippen MR) is 70.7 cm³/mol. The second-order valence-electron chi connectivity index (χ2n) is 4.77. The lowest BCUT2D eigenvalue weighted by Crippen LogP contribution is -2.29. The van der Waals surface area contributed by atoms with Crippen molar-refractivity contribution in [2.75, 3.05) is 32.4 Å². The summed E-state index contributed by atoms with van der Waals surface area (Å²) < 4.78 is 23.9. The Balaban J connectivity index is 1.96. The summed E-state index contributed by atoms with van der Waals surface area (Å²) >= 11 is 0. The minimum atomic E-state index is -3.12. The molecule has 1 rings (SSSR count). The Labute approximate surface area is 109 Å². The van der Waals surface area contributed by atoms with Crippen molar-refractivity contribution >= 4 is 15.9 Å². The number of hydrogen-bond acceptors (Lipinski definition) is 4. The molecule has 0 aromatic rings. The molecule has 7 heteroatoms. The number of sulfonamides is 1. The fraction of sp³-hybridized carbons (Fsp3) is 0.909. The van der Waals surface area contributed by atoms with Crippen LogP contribution in [0.15, 0.2) is 0 Å². The van der Waals surface area contributed by atoms with Gasteiger partial charge in [0.25, 0.3) is 0 Å². The fourth-order valence-electron chi connectivity index (χ4n) is 1.96. The molecular weight excluding hydrogens is 254 g/mol. The van der Waals surface area contributed by atoms with E-state index < -0.39 is 10.0 Å². The Morgan fingerprint density at radius 1 is 1.39 bits per heavy atom. The van der Waals surface area contributed by atoms with Crippen LogP contribution >= 0.6 is 0 Å². The van der Waals surface area contributed by atoms with Gasteiger partial charge in [-0.3, -0.25) is 4.79 Å². The van der Waals surface area contributed by atoms with E-state index in [2.05, 4.69) is 15.4 Å². The fourth-order valence-corrected chi connectivity index (χ4v) is 2.47. The van der Waals surface area contributed by atoms with E-state index >= 15 is 0 Å². The van der Waals surface area contributed by atoms with Crippen LogP contribution < -0.4 is 15.4 Å². The zero-order chi connectivity index (χ0) is 13.4. The molecule has 106 valence electrons. The van der Waals surface area contributed by atoms with Gasteiger partial charge < -0.3 is 10.6 Å². The summed E-state index contributed by atoms with van der Waals surface area (Å²) in [7, 11) is -3.12. The summed E-state index contributed by atoms with van der Waals surface area (Å²) in [5.41, 5.74) is 0. The number of carbonyl (C=O) groups excluding carboxylic acids is 1. The molecule has 1 fully saturated rings. The average Bonchev–Trinajstić information content (AvgIpc) is 2.77. The van der Waals surface area contributed by atoms with E-state index in [-0.39, 0.29) is 5.91 Å². The van der Waals surface area contributed by atoms with Gasteiger partial charge in [0.05, 0.1) is 6.26 Å². The van der Waals surface area contributed by atoms with Gasteiger partial charge in [-0.05, 0) is 38.3 Å². The Kier molecular flexibility index (Phi) is 6.59. The third kappa shape index (κ3) is 7.62. The van der Waals surface area contributed by atoms with Crippen molar-refractivity contribution in [3.05, 3.63) is 0 Å². The molecule has 0 aromatic heterocycles. The molecule has 0 saturated carbocycles. The van der Waals surface area contributed by atoms with Crippen LogP contribution in [0.1, 0.15) is 25.7 Å². The maximum Gasteiger partial charge on any atom is 0.220 e. The first-order valence-electron chi connectivity index (χ1n) is 6.39. The molecule has 1 amide bonds. The lowest BCUT2D eigenvalue weighted by molar-refractivity contribution is -0.121. The lowest BCUT2D eigenvalue weighted by atomic mass is 10.0. The number of nitrogens with one attached hydrogen (secondary N) is 3. The Morgan fingerprint density at radius 3 is 2.78 bits per heavy atom. The van der Waals surface area contributed by atoms with Crippen molar-refractivity contribution in [3.63, 3.8) is 0 Å². The molecule has 1 aliphatic heterocycles. The second-order valence-corrected chi connectivity index (χ2v) is 6.60. The zero-order valence-corrected chi connectivity index (χ0v) is 11.7. The summed E-state index contributed by atoms with van der Waals surface area (Å²) in [6.07, 6.45) is 4.39. The minimum Gasteiger partial charge on any atom is -0.356 e. The smallest absolute Gasteiger partial charge is 0.220 e. The molecule has 0 spiro atoms. The van der Waals surface area contributed by atoms with Gasteiger partial charge in [-0.15, -0.1) is 0 Å². The van der Waals surface area contributed by atoms with Gasteiger partial charge in [0.15, 0.2) is 0 Å². The highest BCUT2D eigenvalue weighted by Crippen LogP contribution is 2.13. The van der Waals surface area contributed by atoms with Crippen molar-refractivity contribution in [1.29, 1.82) is 0 Å². The first-order valence-corrected chi connectivity index (χ1v) is 8.28. The topological polar surface area (TPSA) is 87.3 Å². The Hall–Kier alpha value is -0.660. The van der Waals surface area contributed by atoms with Gasteiger partial charge in [-0.25, -0.2) is 13.1 Å². The maximum atomic E-state index is 11.5. The normalized spacial score (nSPS) is 19.9. The van der Waals surface area contributed by atoms with Crippen LogP contribution in [-0.4, -0.2) is 46.8 Å². The molecule has 0 aliphatic carbocycles. The van der Waals surface area contributed by atoms with Crippen molar-refractivity contribution in [3.8, 4) is 0 Å². The summed E-state index contributed by atoms with van der Waals surface area (Å²) in [4.78, 5) is 11.5. The van der Waals surface area contributed by atoms with Crippen LogP contribution in [-0.2, 0) is 14.8 Å². The van der Waals surface area contributed by atoms with E-state index in [0.717, 1.165) is 32.2 Å². The van der Waals surface area contributed by atoms with Gasteiger partial charge >= 0.3 is 0 Å². The molecule has 0 radical (unpaired) electrons. The standard InChI is InChI=1S/C11H23N3O3S/c1-18(16,17)14-7-2-6-13-11(15)4-3-10-5-8-12-9-10/h10,12,14H,2-9H2,1H3,(H,13,15). The van der Waals surface area contributed by atoms with E-state index in [1.807, 2.05) is 0 Å². The first kappa shape index (κ1) is 15.4. The van der Waals surface area contributed by atoms with Gasteiger partial charge in [-0.2, -0.15) is 0 Å². The van der Waals surface area contributed by atoms with Crippen LogP contribution in [0, 0.1) is 5.92 Å². The number of amides is 1. The lowest BCUT2D eigenvalue weighted by Gasteiger charge is -2.08. The summed E-state index contributed by atoms with van der Waals surface area (Å²) in [6, 6.07) is 0. The van der Waals surface area contributed by atoms with Crippen molar-refractivity contribution in [2.45, 2.75) is 25.7 Å². The summed E-state index contributed by atoms with van der Waals surface area (Å²) in [5, 5.41) is 6.07. The van der Waals surface area contributed by atoms with E-state index in [1.54, 1.807) is 0 Å². The van der Waals surface area contributed by atoms with E-state index in [4.69, 9.17) is 0 Å². The highest BCUT2D eigenvalue weighted by molar-refractivity contribution is 7.88. The van der Waals surface area contributed by atoms with Crippen molar-refractivity contribution in [1.82, 2.24) is 15.4 Å². The van der Waals surface area contributed by atoms with E-state index in [9.17, 15) is 13.2 Å². The molecule has 6 nitrogen and oxygen atoms in total. The SMILES string of the molecule is CS(=O)(=O)NCCCNC(=O)CCC1CCNC1. The van der Waals surface area contributed by atoms with Gasteiger partial charge in [-0.1, -0.05) is 0 Å².